The molecule has 0 saturated carbocycles. The smallest absolute Gasteiger partial charge is 0.126 e. The molecule has 0 spiro atoms. The highest BCUT2D eigenvalue weighted by Crippen LogP contribution is 2.24. The summed E-state index contributed by atoms with van der Waals surface area (Å²) in [6.45, 7) is 6.74. The molecule has 0 aliphatic rings. The van der Waals surface area contributed by atoms with Gasteiger partial charge < -0.3 is 5.32 Å². The van der Waals surface area contributed by atoms with Crippen LogP contribution in [-0.4, -0.2) is 16.8 Å². The van der Waals surface area contributed by atoms with Gasteiger partial charge in [-0.15, -0.1) is 0 Å². The van der Waals surface area contributed by atoms with Crippen molar-refractivity contribution in [1.29, 1.82) is 0 Å². The maximum atomic E-state index is 13.8. The molecular weight excluding hydrogens is 253 g/mol. The molecule has 108 valence electrons. The first-order valence-electron chi connectivity index (χ1n) is 7.10. The lowest BCUT2D eigenvalue weighted by Gasteiger charge is -2.18. The predicted octanol–water partition coefficient (Wildman–Crippen LogP) is 3.22. The Labute approximate surface area is 119 Å². The van der Waals surface area contributed by atoms with Gasteiger partial charge in [0.25, 0.3) is 0 Å². The summed E-state index contributed by atoms with van der Waals surface area (Å²) in [5, 5.41) is 7.83. The summed E-state index contributed by atoms with van der Waals surface area (Å²) >= 11 is 0. The van der Waals surface area contributed by atoms with Gasteiger partial charge in [0.15, 0.2) is 0 Å². The summed E-state index contributed by atoms with van der Waals surface area (Å²) in [6, 6.07) is 7.45. The molecular formula is C16H22FN3. The van der Waals surface area contributed by atoms with Gasteiger partial charge in [-0.3, -0.25) is 4.68 Å². The standard InChI is InChI=1S/C16H22FN3/c1-5-13-10-15(20(6-2)19-13)16(18-4)12-8-7-11(3)14(17)9-12/h7-10,16,18H,5-6H2,1-4H3. The van der Waals surface area contributed by atoms with Crippen molar-refractivity contribution in [2.45, 2.75) is 39.8 Å². The molecule has 0 aliphatic heterocycles. The molecule has 0 radical (unpaired) electrons. The van der Waals surface area contributed by atoms with E-state index in [1.807, 2.05) is 23.9 Å². The third-order valence-electron chi connectivity index (χ3n) is 3.64. The van der Waals surface area contributed by atoms with E-state index in [0.717, 1.165) is 29.9 Å². The second-order valence-electron chi connectivity index (χ2n) is 4.96. The molecule has 1 aromatic carbocycles. The minimum Gasteiger partial charge on any atom is -0.308 e. The largest absolute Gasteiger partial charge is 0.308 e. The molecule has 2 aromatic rings. The van der Waals surface area contributed by atoms with Gasteiger partial charge >= 0.3 is 0 Å². The lowest BCUT2D eigenvalue weighted by Crippen LogP contribution is -2.21. The molecule has 2 rings (SSSR count). The molecule has 0 saturated heterocycles. The summed E-state index contributed by atoms with van der Waals surface area (Å²) in [6.07, 6.45) is 0.901. The van der Waals surface area contributed by atoms with Crippen molar-refractivity contribution >= 4 is 0 Å². The lowest BCUT2D eigenvalue weighted by atomic mass is 10.0. The first-order chi connectivity index (χ1) is 9.60. The van der Waals surface area contributed by atoms with Crippen LogP contribution in [0.1, 0.15) is 42.4 Å². The van der Waals surface area contributed by atoms with Crippen molar-refractivity contribution in [3.8, 4) is 0 Å². The Morgan fingerprint density at radius 3 is 2.60 bits per heavy atom. The SMILES string of the molecule is CCc1cc(C(NC)c2ccc(C)c(F)c2)n(CC)n1. The molecule has 3 nitrogen and oxygen atoms in total. The van der Waals surface area contributed by atoms with Crippen LogP contribution in [0.2, 0.25) is 0 Å². The monoisotopic (exact) mass is 275 g/mol. The number of hydrogen-bond donors (Lipinski definition) is 1. The van der Waals surface area contributed by atoms with Gasteiger partial charge in [0.1, 0.15) is 5.82 Å². The quantitative estimate of drug-likeness (QED) is 0.908. The molecule has 1 aromatic heterocycles. The van der Waals surface area contributed by atoms with Crippen LogP contribution in [-0.2, 0) is 13.0 Å². The van der Waals surface area contributed by atoms with E-state index >= 15 is 0 Å². The lowest BCUT2D eigenvalue weighted by molar-refractivity contribution is 0.555. The number of rotatable bonds is 5. The van der Waals surface area contributed by atoms with Crippen molar-refractivity contribution < 1.29 is 4.39 Å². The maximum absolute atomic E-state index is 13.8. The highest BCUT2D eigenvalue weighted by atomic mass is 19.1. The van der Waals surface area contributed by atoms with Crippen molar-refractivity contribution in [3.05, 3.63) is 52.6 Å². The van der Waals surface area contributed by atoms with Crippen molar-refractivity contribution in [2.75, 3.05) is 7.05 Å². The van der Waals surface area contributed by atoms with Crippen molar-refractivity contribution in [2.24, 2.45) is 0 Å². The average Bonchev–Trinajstić information content (AvgIpc) is 2.87. The Balaban J connectivity index is 2.45. The van der Waals surface area contributed by atoms with E-state index < -0.39 is 0 Å². The third kappa shape index (κ3) is 2.75. The Bertz CT molecular complexity index is 589. The molecule has 0 aliphatic carbocycles. The minimum atomic E-state index is -0.166. The van der Waals surface area contributed by atoms with Crippen LogP contribution in [0.25, 0.3) is 0 Å². The Morgan fingerprint density at radius 2 is 2.05 bits per heavy atom. The van der Waals surface area contributed by atoms with Crippen molar-refractivity contribution in [1.82, 2.24) is 15.1 Å². The Kier molecular flexibility index (Phi) is 4.55. The normalized spacial score (nSPS) is 12.7. The van der Waals surface area contributed by atoms with E-state index in [9.17, 15) is 4.39 Å². The Morgan fingerprint density at radius 1 is 1.30 bits per heavy atom. The number of hydrogen-bond acceptors (Lipinski definition) is 2. The van der Waals surface area contributed by atoms with E-state index in [0.29, 0.717) is 5.56 Å². The topological polar surface area (TPSA) is 29.9 Å². The van der Waals surface area contributed by atoms with E-state index in [-0.39, 0.29) is 11.9 Å². The van der Waals surface area contributed by atoms with E-state index in [4.69, 9.17) is 0 Å². The van der Waals surface area contributed by atoms with Gasteiger partial charge in [0.2, 0.25) is 0 Å². The van der Waals surface area contributed by atoms with Crippen LogP contribution in [0, 0.1) is 12.7 Å². The zero-order valence-electron chi connectivity index (χ0n) is 12.6. The third-order valence-corrected chi connectivity index (χ3v) is 3.64. The predicted molar refractivity (Wildman–Crippen MR) is 79.3 cm³/mol. The Hall–Kier alpha value is -1.68. The molecule has 20 heavy (non-hydrogen) atoms. The van der Waals surface area contributed by atoms with Crippen LogP contribution in [0.5, 0.6) is 0 Å². The maximum Gasteiger partial charge on any atom is 0.126 e. The fourth-order valence-corrected chi connectivity index (χ4v) is 2.42. The molecule has 1 atom stereocenters. The zero-order chi connectivity index (χ0) is 14.7. The van der Waals surface area contributed by atoms with E-state index in [1.165, 1.54) is 0 Å². The first-order valence-corrected chi connectivity index (χ1v) is 7.10. The zero-order valence-corrected chi connectivity index (χ0v) is 12.6. The van der Waals surface area contributed by atoms with Crippen LogP contribution in [0.4, 0.5) is 4.39 Å². The number of aryl methyl sites for hydroxylation is 3. The second kappa shape index (κ2) is 6.18. The van der Waals surface area contributed by atoms with Crippen LogP contribution in [0.3, 0.4) is 0 Å². The van der Waals surface area contributed by atoms with Crippen LogP contribution >= 0.6 is 0 Å². The van der Waals surface area contributed by atoms with Gasteiger partial charge in [-0.05, 0) is 50.6 Å². The number of nitrogens with one attached hydrogen (secondary N) is 1. The van der Waals surface area contributed by atoms with Gasteiger partial charge in [0.05, 0.1) is 17.4 Å². The molecule has 0 fully saturated rings. The molecule has 1 unspecified atom stereocenters. The summed E-state index contributed by atoms with van der Waals surface area (Å²) in [4.78, 5) is 0. The van der Waals surface area contributed by atoms with Crippen LogP contribution < -0.4 is 5.32 Å². The minimum absolute atomic E-state index is 0.0437. The number of aromatic nitrogens is 2. The van der Waals surface area contributed by atoms with Crippen LogP contribution in [0.15, 0.2) is 24.3 Å². The van der Waals surface area contributed by atoms with Gasteiger partial charge in [-0.2, -0.15) is 5.10 Å². The average molecular weight is 275 g/mol. The van der Waals surface area contributed by atoms with E-state index in [2.05, 4.69) is 30.3 Å². The fraction of sp³-hybridized carbons (Fsp3) is 0.438. The summed E-state index contributed by atoms with van der Waals surface area (Å²) in [7, 11) is 1.89. The van der Waals surface area contributed by atoms with Gasteiger partial charge in [-0.1, -0.05) is 19.1 Å². The first kappa shape index (κ1) is 14.7. The highest BCUT2D eigenvalue weighted by Gasteiger charge is 2.18. The summed E-state index contributed by atoms with van der Waals surface area (Å²) < 4.78 is 15.8. The molecule has 1 N–H and O–H groups in total. The number of benzene rings is 1. The molecule has 0 bridgehead atoms. The molecule has 0 amide bonds. The highest BCUT2D eigenvalue weighted by molar-refractivity contribution is 5.32. The molecule has 4 heteroatoms. The molecule has 1 heterocycles. The fourth-order valence-electron chi connectivity index (χ4n) is 2.42. The van der Waals surface area contributed by atoms with E-state index in [1.54, 1.807) is 13.0 Å². The summed E-state index contributed by atoms with van der Waals surface area (Å²) in [5.41, 5.74) is 3.74. The summed E-state index contributed by atoms with van der Waals surface area (Å²) in [5.74, 6) is -0.166. The number of halogens is 1. The second-order valence-corrected chi connectivity index (χ2v) is 4.96. The van der Waals surface area contributed by atoms with Gasteiger partial charge in [0, 0.05) is 6.54 Å². The van der Waals surface area contributed by atoms with Gasteiger partial charge in [-0.25, -0.2) is 4.39 Å². The number of nitrogens with zero attached hydrogens (tertiary/aromatic N) is 2. The van der Waals surface area contributed by atoms with Crippen molar-refractivity contribution in [3.63, 3.8) is 0 Å².